The number of nitriles is 1. The van der Waals surface area contributed by atoms with E-state index in [4.69, 9.17) is 10.00 Å². The second-order valence-electron chi connectivity index (χ2n) is 3.55. The van der Waals surface area contributed by atoms with Crippen molar-refractivity contribution in [2.75, 3.05) is 7.11 Å². The molecule has 86 valence electrons. The first-order valence-electron chi connectivity index (χ1n) is 5.05. The molecule has 5 nitrogen and oxygen atoms in total. The topological polar surface area (TPSA) is 70.8 Å². The van der Waals surface area contributed by atoms with E-state index in [1.807, 2.05) is 6.07 Å². The molecule has 0 radical (unpaired) electrons. The molecule has 0 atom stereocenters. The second kappa shape index (κ2) is 4.68. The molecule has 0 bridgehead atoms. The maximum atomic E-state index is 11.7. The van der Waals surface area contributed by atoms with Gasteiger partial charge in [-0.1, -0.05) is 6.07 Å². The largest absolute Gasteiger partial charge is 0.378 e. The minimum absolute atomic E-state index is 0.174. The van der Waals surface area contributed by atoms with Gasteiger partial charge in [-0.3, -0.25) is 9.89 Å². The van der Waals surface area contributed by atoms with Crippen LogP contribution in [0.5, 0.6) is 0 Å². The number of benzene rings is 1. The van der Waals surface area contributed by atoms with E-state index in [1.54, 1.807) is 31.4 Å². The predicted octanol–water partition coefficient (Wildman–Crippen LogP) is 1.18. The van der Waals surface area contributed by atoms with Gasteiger partial charge in [-0.05, 0) is 18.2 Å². The molecule has 0 fully saturated rings. The summed E-state index contributed by atoms with van der Waals surface area (Å²) in [5.41, 5.74) is 1.67. The van der Waals surface area contributed by atoms with Crippen LogP contribution in [0.1, 0.15) is 11.3 Å². The van der Waals surface area contributed by atoms with Gasteiger partial charge in [0.05, 0.1) is 29.6 Å². The van der Waals surface area contributed by atoms with Gasteiger partial charge in [0, 0.05) is 13.2 Å². The number of methoxy groups -OCH3 is 1. The van der Waals surface area contributed by atoms with Crippen molar-refractivity contribution in [2.45, 2.75) is 6.61 Å². The van der Waals surface area contributed by atoms with Crippen molar-refractivity contribution in [3.8, 4) is 11.8 Å². The van der Waals surface area contributed by atoms with Crippen molar-refractivity contribution >= 4 is 0 Å². The van der Waals surface area contributed by atoms with Crippen LogP contribution in [0.25, 0.3) is 5.69 Å². The smallest absolute Gasteiger partial charge is 0.271 e. The Morgan fingerprint density at radius 1 is 1.47 bits per heavy atom. The molecule has 0 saturated carbocycles. The highest BCUT2D eigenvalue weighted by molar-refractivity contribution is 5.40. The molecule has 0 unspecified atom stereocenters. The quantitative estimate of drug-likeness (QED) is 0.859. The Morgan fingerprint density at radius 3 is 3.00 bits per heavy atom. The van der Waals surface area contributed by atoms with Crippen LogP contribution in [0.3, 0.4) is 0 Å². The molecule has 5 heteroatoms. The number of nitrogens with one attached hydrogen (secondary N) is 1. The lowest BCUT2D eigenvalue weighted by Crippen LogP contribution is -2.13. The Labute approximate surface area is 97.9 Å². The van der Waals surface area contributed by atoms with E-state index >= 15 is 0 Å². The number of nitrogens with zero attached hydrogens (tertiary/aromatic N) is 2. The number of rotatable bonds is 3. The van der Waals surface area contributed by atoms with E-state index in [9.17, 15) is 4.79 Å². The third-order valence-electron chi connectivity index (χ3n) is 2.31. The van der Waals surface area contributed by atoms with E-state index in [1.165, 1.54) is 10.7 Å². The average molecular weight is 229 g/mol. The molecular weight excluding hydrogens is 218 g/mol. The monoisotopic (exact) mass is 229 g/mol. The lowest BCUT2D eigenvalue weighted by Gasteiger charge is -2.02. The molecule has 0 aliphatic carbocycles. The lowest BCUT2D eigenvalue weighted by atomic mass is 10.2. The van der Waals surface area contributed by atoms with Crippen molar-refractivity contribution < 1.29 is 4.74 Å². The van der Waals surface area contributed by atoms with Gasteiger partial charge in [0.25, 0.3) is 5.56 Å². The molecule has 17 heavy (non-hydrogen) atoms. The minimum Gasteiger partial charge on any atom is -0.378 e. The zero-order valence-corrected chi connectivity index (χ0v) is 9.30. The van der Waals surface area contributed by atoms with Crippen LogP contribution in [0.15, 0.2) is 35.1 Å². The highest BCUT2D eigenvalue weighted by Gasteiger charge is 2.05. The zero-order chi connectivity index (χ0) is 12.3. The van der Waals surface area contributed by atoms with E-state index in [0.717, 1.165) is 0 Å². The van der Waals surface area contributed by atoms with Crippen LogP contribution in [-0.4, -0.2) is 16.9 Å². The molecule has 0 amide bonds. The third kappa shape index (κ3) is 2.27. The highest BCUT2D eigenvalue weighted by Crippen LogP contribution is 2.07. The molecule has 2 rings (SSSR count). The van der Waals surface area contributed by atoms with Gasteiger partial charge in [0.1, 0.15) is 0 Å². The Bertz CT molecular complexity index is 619. The number of hydrogen-bond donors (Lipinski definition) is 1. The van der Waals surface area contributed by atoms with Crippen molar-refractivity contribution in [2.24, 2.45) is 0 Å². The fourth-order valence-corrected chi connectivity index (χ4v) is 1.58. The van der Waals surface area contributed by atoms with Gasteiger partial charge in [0.15, 0.2) is 0 Å². The van der Waals surface area contributed by atoms with Crippen LogP contribution in [0, 0.1) is 11.3 Å². The number of aromatic amines is 1. The fourth-order valence-electron chi connectivity index (χ4n) is 1.58. The van der Waals surface area contributed by atoms with Gasteiger partial charge < -0.3 is 4.74 Å². The lowest BCUT2D eigenvalue weighted by molar-refractivity contribution is 0.181. The van der Waals surface area contributed by atoms with Gasteiger partial charge in [-0.15, -0.1) is 0 Å². The standard InChI is InChI=1S/C12H11N3O2/c1-17-8-10-6-12(16)15(14-10)11-4-2-3-9(5-11)7-13/h2-6,14H,8H2,1H3. The van der Waals surface area contributed by atoms with Crippen molar-refractivity contribution in [1.29, 1.82) is 5.26 Å². The first-order valence-corrected chi connectivity index (χ1v) is 5.05. The molecule has 0 spiro atoms. The van der Waals surface area contributed by atoms with Gasteiger partial charge in [-0.2, -0.15) is 5.26 Å². The maximum absolute atomic E-state index is 11.7. The van der Waals surface area contributed by atoms with Crippen molar-refractivity contribution in [1.82, 2.24) is 9.78 Å². The Balaban J connectivity index is 2.46. The van der Waals surface area contributed by atoms with Crippen LogP contribution in [0.4, 0.5) is 0 Å². The Kier molecular flexibility index (Phi) is 3.08. The summed E-state index contributed by atoms with van der Waals surface area (Å²) in [5, 5.41) is 11.7. The van der Waals surface area contributed by atoms with E-state index < -0.39 is 0 Å². The van der Waals surface area contributed by atoms with E-state index in [0.29, 0.717) is 23.6 Å². The summed E-state index contributed by atoms with van der Waals surface area (Å²) in [7, 11) is 1.56. The van der Waals surface area contributed by atoms with Crippen molar-refractivity contribution in [3.63, 3.8) is 0 Å². The summed E-state index contributed by atoms with van der Waals surface area (Å²) in [6.45, 7) is 0.347. The SMILES string of the molecule is COCc1cc(=O)n(-c2cccc(C#N)c2)[nH]1. The van der Waals surface area contributed by atoms with Gasteiger partial charge >= 0.3 is 0 Å². The maximum Gasteiger partial charge on any atom is 0.271 e. The number of ether oxygens (including phenoxy) is 1. The van der Waals surface area contributed by atoms with Gasteiger partial charge in [0.2, 0.25) is 0 Å². The highest BCUT2D eigenvalue weighted by atomic mass is 16.5. The fraction of sp³-hybridized carbons (Fsp3) is 0.167. The molecule has 1 aromatic carbocycles. The Morgan fingerprint density at radius 2 is 2.29 bits per heavy atom. The summed E-state index contributed by atoms with van der Waals surface area (Å²) in [4.78, 5) is 11.7. The molecule has 0 aliphatic rings. The predicted molar refractivity (Wildman–Crippen MR) is 61.8 cm³/mol. The van der Waals surface area contributed by atoms with E-state index in [2.05, 4.69) is 5.10 Å². The molecule has 1 N–H and O–H groups in total. The first-order chi connectivity index (χ1) is 8.24. The number of aromatic nitrogens is 2. The molecule has 0 aliphatic heterocycles. The van der Waals surface area contributed by atoms with Crippen LogP contribution in [-0.2, 0) is 11.3 Å². The summed E-state index contributed by atoms with van der Waals surface area (Å²) in [6.07, 6.45) is 0. The average Bonchev–Trinajstić information content (AvgIpc) is 2.71. The number of hydrogen-bond acceptors (Lipinski definition) is 3. The minimum atomic E-state index is -0.174. The molecule has 1 aromatic heterocycles. The van der Waals surface area contributed by atoms with Crippen LogP contribution >= 0.6 is 0 Å². The van der Waals surface area contributed by atoms with E-state index in [-0.39, 0.29) is 5.56 Å². The molecule has 1 heterocycles. The van der Waals surface area contributed by atoms with Crippen LogP contribution in [0.2, 0.25) is 0 Å². The van der Waals surface area contributed by atoms with Crippen molar-refractivity contribution in [3.05, 3.63) is 51.9 Å². The third-order valence-corrected chi connectivity index (χ3v) is 2.31. The zero-order valence-electron chi connectivity index (χ0n) is 9.30. The summed E-state index contributed by atoms with van der Waals surface area (Å²) < 4.78 is 6.33. The van der Waals surface area contributed by atoms with Crippen LogP contribution < -0.4 is 5.56 Å². The van der Waals surface area contributed by atoms with Gasteiger partial charge in [-0.25, -0.2) is 4.68 Å². The normalized spacial score (nSPS) is 10.1. The number of H-pyrrole nitrogens is 1. The molecule has 2 aromatic rings. The first kappa shape index (κ1) is 11.2. The molecular formula is C12H11N3O2. The molecule has 0 saturated heterocycles. The Hall–Kier alpha value is -2.32. The summed E-state index contributed by atoms with van der Waals surface area (Å²) >= 11 is 0. The summed E-state index contributed by atoms with van der Waals surface area (Å²) in [5.74, 6) is 0. The second-order valence-corrected chi connectivity index (χ2v) is 3.55. The summed E-state index contributed by atoms with van der Waals surface area (Å²) in [6, 6.07) is 10.3.